The molecule has 9 nitrogen and oxygen atoms in total. The van der Waals surface area contributed by atoms with Crippen molar-refractivity contribution in [3.05, 3.63) is 35.0 Å². The van der Waals surface area contributed by atoms with E-state index < -0.39 is 23.6 Å². The number of ether oxygens (including phenoxy) is 4. The average Bonchev–Trinajstić information content (AvgIpc) is 3.15. The van der Waals surface area contributed by atoms with Crippen LogP contribution in [0.15, 0.2) is 29.5 Å². The molecule has 2 aliphatic heterocycles. The van der Waals surface area contributed by atoms with Crippen LogP contribution in [0.3, 0.4) is 0 Å². The van der Waals surface area contributed by atoms with Crippen LogP contribution in [-0.2, 0) is 35.0 Å². The highest BCUT2D eigenvalue weighted by molar-refractivity contribution is 6.04. The van der Waals surface area contributed by atoms with Gasteiger partial charge >= 0.3 is 18.0 Å². The summed E-state index contributed by atoms with van der Waals surface area (Å²) in [6, 6.07) is 5.41. The lowest BCUT2D eigenvalue weighted by Crippen LogP contribution is -2.39. The van der Waals surface area contributed by atoms with Crippen LogP contribution in [0.1, 0.15) is 26.3 Å². The molecule has 0 N–H and O–H groups in total. The quantitative estimate of drug-likeness (QED) is 0.546. The van der Waals surface area contributed by atoms with E-state index in [-0.39, 0.29) is 24.6 Å². The van der Waals surface area contributed by atoms with E-state index in [0.29, 0.717) is 24.3 Å². The van der Waals surface area contributed by atoms with Crippen molar-refractivity contribution >= 4 is 29.4 Å². The van der Waals surface area contributed by atoms with Gasteiger partial charge in [-0.2, -0.15) is 0 Å². The van der Waals surface area contributed by atoms with Crippen molar-refractivity contribution < 1.29 is 33.3 Å². The van der Waals surface area contributed by atoms with Crippen molar-refractivity contribution in [1.82, 2.24) is 0 Å². The molecule has 0 saturated carbocycles. The third-order valence-electron chi connectivity index (χ3n) is 4.74. The SMILES string of the molecule is COC(=O)C1=C(C(=O)OC)N(c2cccc3c2CCN3C(=O)OC(C)(C)C)COC1. The Morgan fingerprint density at radius 2 is 1.70 bits per heavy atom. The number of amides is 1. The molecule has 0 bridgehead atoms. The minimum atomic E-state index is -0.668. The molecule has 0 aromatic heterocycles. The Morgan fingerprint density at radius 1 is 1.03 bits per heavy atom. The van der Waals surface area contributed by atoms with Crippen LogP contribution in [-0.4, -0.2) is 57.7 Å². The maximum absolute atomic E-state index is 12.6. The van der Waals surface area contributed by atoms with Crippen molar-refractivity contribution in [2.45, 2.75) is 32.8 Å². The molecule has 0 atom stereocenters. The molecule has 0 radical (unpaired) electrons. The van der Waals surface area contributed by atoms with E-state index in [0.717, 1.165) is 5.56 Å². The Kier molecular flexibility index (Phi) is 6.02. The van der Waals surface area contributed by atoms with Crippen molar-refractivity contribution in [1.29, 1.82) is 0 Å². The molecule has 162 valence electrons. The number of nitrogens with zero attached hydrogens (tertiary/aromatic N) is 2. The topological polar surface area (TPSA) is 94.6 Å². The molecule has 0 saturated heterocycles. The number of methoxy groups -OCH3 is 2. The molecule has 1 amide bonds. The summed E-state index contributed by atoms with van der Waals surface area (Å²) in [6.07, 6.45) is 0.121. The first-order valence-electron chi connectivity index (χ1n) is 9.55. The summed E-state index contributed by atoms with van der Waals surface area (Å²) in [5.74, 6) is -1.33. The highest BCUT2D eigenvalue weighted by atomic mass is 16.6. The number of anilines is 2. The van der Waals surface area contributed by atoms with Crippen LogP contribution < -0.4 is 9.80 Å². The molecular formula is C21H26N2O7. The van der Waals surface area contributed by atoms with Gasteiger partial charge in [0.15, 0.2) is 0 Å². The average molecular weight is 418 g/mol. The monoisotopic (exact) mass is 418 g/mol. The van der Waals surface area contributed by atoms with Crippen LogP contribution in [0, 0.1) is 0 Å². The number of fused-ring (bicyclic) bond motifs is 1. The fourth-order valence-corrected chi connectivity index (χ4v) is 3.51. The summed E-state index contributed by atoms with van der Waals surface area (Å²) in [4.78, 5) is 40.5. The number of carbonyl (C=O) groups excluding carboxylic acids is 3. The second kappa shape index (κ2) is 8.35. The van der Waals surface area contributed by atoms with Crippen molar-refractivity contribution in [3.8, 4) is 0 Å². The first-order chi connectivity index (χ1) is 14.2. The van der Waals surface area contributed by atoms with Crippen LogP contribution >= 0.6 is 0 Å². The molecule has 2 aliphatic rings. The maximum atomic E-state index is 12.6. The first-order valence-corrected chi connectivity index (χ1v) is 9.55. The number of esters is 2. The van der Waals surface area contributed by atoms with Gasteiger partial charge in [0.2, 0.25) is 0 Å². The number of benzene rings is 1. The highest BCUT2D eigenvalue weighted by Crippen LogP contribution is 2.39. The standard InChI is InChI=1S/C21H26N2O7/c1-21(2,3)30-20(26)22-10-9-13-15(22)7-6-8-16(13)23-12-29-11-14(18(24)27-4)17(23)19(25)28-5/h6-8H,9-12H2,1-5H3. The Balaban J connectivity index is 2.04. The molecule has 0 aliphatic carbocycles. The molecule has 30 heavy (non-hydrogen) atoms. The van der Waals surface area contributed by atoms with Gasteiger partial charge in [-0.3, -0.25) is 4.90 Å². The molecular weight excluding hydrogens is 392 g/mol. The smallest absolute Gasteiger partial charge is 0.414 e. The number of rotatable bonds is 3. The van der Waals surface area contributed by atoms with E-state index in [1.165, 1.54) is 14.2 Å². The summed E-state index contributed by atoms with van der Waals surface area (Å²) in [6.45, 7) is 5.86. The summed E-state index contributed by atoms with van der Waals surface area (Å²) in [5.41, 5.74) is 1.72. The van der Waals surface area contributed by atoms with Crippen molar-refractivity contribution in [3.63, 3.8) is 0 Å². The van der Waals surface area contributed by atoms with E-state index in [2.05, 4.69) is 0 Å². The van der Waals surface area contributed by atoms with Crippen LogP contribution in [0.2, 0.25) is 0 Å². The van der Waals surface area contributed by atoms with Crippen molar-refractivity contribution in [2.24, 2.45) is 0 Å². The van der Waals surface area contributed by atoms with Gasteiger partial charge in [0, 0.05) is 17.8 Å². The lowest BCUT2D eigenvalue weighted by molar-refractivity contribution is -0.140. The minimum absolute atomic E-state index is 0.0494. The predicted octanol–water partition coefficient (Wildman–Crippen LogP) is 2.38. The third kappa shape index (κ3) is 4.11. The molecule has 0 unspecified atom stereocenters. The largest absolute Gasteiger partial charge is 0.466 e. The van der Waals surface area contributed by atoms with Crippen LogP contribution in [0.5, 0.6) is 0 Å². The van der Waals surface area contributed by atoms with Gasteiger partial charge in [-0.15, -0.1) is 0 Å². The summed E-state index contributed by atoms with van der Waals surface area (Å²) < 4.78 is 20.8. The van der Waals surface area contributed by atoms with E-state index in [9.17, 15) is 14.4 Å². The first kappa shape index (κ1) is 21.6. The fraction of sp³-hybridized carbons (Fsp3) is 0.476. The van der Waals surface area contributed by atoms with Gasteiger partial charge < -0.3 is 23.8 Å². The molecule has 1 aromatic carbocycles. The summed E-state index contributed by atoms with van der Waals surface area (Å²) >= 11 is 0. The third-order valence-corrected chi connectivity index (χ3v) is 4.74. The predicted molar refractivity (Wildman–Crippen MR) is 108 cm³/mol. The Bertz CT molecular complexity index is 901. The van der Waals surface area contributed by atoms with Gasteiger partial charge in [0.05, 0.1) is 32.1 Å². The number of hydrogen-bond acceptors (Lipinski definition) is 8. The highest BCUT2D eigenvalue weighted by Gasteiger charge is 2.36. The fourth-order valence-electron chi connectivity index (χ4n) is 3.51. The molecule has 0 fully saturated rings. The van der Waals surface area contributed by atoms with Gasteiger partial charge in [0.25, 0.3) is 0 Å². The Morgan fingerprint density at radius 3 is 2.33 bits per heavy atom. The van der Waals surface area contributed by atoms with Gasteiger partial charge in [-0.05, 0) is 39.3 Å². The minimum Gasteiger partial charge on any atom is -0.466 e. The maximum Gasteiger partial charge on any atom is 0.414 e. The zero-order chi connectivity index (χ0) is 22.1. The summed E-state index contributed by atoms with van der Waals surface area (Å²) in [7, 11) is 2.49. The normalized spacial score (nSPS) is 16.3. The number of hydrogen-bond donors (Lipinski definition) is 0. The second-order valence-electron chi connectivity index (χ2n) is 7.87. The van der Waals surface area contributed by atoms with E-state index in [4.69, 9.17) is 18.9 Å². The van der Waals surface area contributed by atoms with E-state index in [1.54, 1.807) is 15.9 Å². The van der Waals surface area contributed by atoms with Gasteiger partial charge in [-0.1, -0.05) is 6.07 Å². The van der Waals surface area contributed by atoms with Crippen LogP contribution in [0.25, 0.3) is 0 Å². The molecule has 2 heterocycles. The van der Waals surface area contributed by atoms with E-state index in [1.807, 2.05) is 32.9 Å². The lowest BCUT2D eigenvalue weighted by Gasteiger charge is -2.32. The van der Waals surface area contributed by atoms with Gasteiger partial charge in [0.1, 0.15) is 18.0 Å². The second-order valence-corrected chi connectivity index (χ2v) is 7.87. The zero-order valence-electron chi connectivity index (χ0n) is 17.8. The zero-order valence-corrected chi connectivity index (χ0v) is 17.8. The Hall–Kier alpha value is -3.07. The van der Waals surface area contributed by atoms with Crippen molar-refractivity contribution in [2.75, 3.05) is 43.9 Å². The van der Waals surface area contributed by atoms with E-state index >= 15 is 0 Å². The molecule has 1 aromatic rings. The van der Waals surface area contributed by atoms with Gasteiger partial charge in [-0.25, -0.2) is 14.4 Å². The summed E-state index contributed by atoms with van der Waals surface area (Å²) in [5, 5.41) is 0. The number of carbonyl (C=O) groups is 3. The Labute approximate surface area is 175 Å². The molecule has 3 rings (SSSR count). The lowest BCUT2D eigenvalue weighted by atomic mass is 10.1. The molecule has 9 heteroatoms. The van der Waals surface area contributed by atoms with Crippen LogP contribution in [0.4, 0.5) is 16.2 Å². The molecule has 0 spiro atoms.